The normalized spacial score (nSPS) is 32.3. The number of hydrogen-bond donors (Lipinski definition) is 1. The summed E-state index contributed by atoms with van der Waals surface area (Å²) in [5, 5.41) is 0. The highest BCUT2D eigenvalue weighted by atomic mass is 127. The van der Waals surface area contributed by atoms with Crippen molar-refractivity contribution in [1.82, 2.24) is 9.80 Å². The van der Waals surface area contributed by atoms with Gasteiger partial charge in [-0.3, -0.25) is 9.79 Å². The second kappa shape index (κ2) is 13.1. The third-order valence-electron chi connectivity index (χ3n) is 5.74. The van der Waals surface area contributed by atoms with Crippen molar-refractivity contribution >= 4 is 47.1 Å². The first-order chi connectivity index (χ1) is 16.3. The zero-order chi connectivity index (χ0) is 25.5. The number of ether oxygens (including phenoxy) is 4. The molecule has 4 aliphatic heterocycles. The number of fused-ring (bicyclic) bond motifs is 2. The Bertz CT molecular complexity index is 764. The molecule has 4 heterocycles. The Morgan fingerprint density at radius 2 is 1.94 bits per heavy atom. The lowest BCUT2D eigenvalue weighted by atomic mass is 10.1. The molecule has 4 aliphatic rings. The Labute approximate surface area is 216 Å². The Balaban J connectivity index is 0.000000970. The third kappa shape index (κ3) is 6.65. The first kappa shape index (κ1) is 28.9. The second-order valence-corrected chi connectivity index (χ2v) is 8.46. The van der Waals surface area contributed by atoms with Crippen LogP contribution in [0.2, 0.25) is 0 Å². The molecule has 0 aromatic rings. The molecular weight excluding hydrogens is 555 g/mol. The van der Waals surface area contributed by atoms with Crippen molar-refractivity contribution in [2.24, 2.45) is 20.7 Å². The molecule has 0 aromatic heterocycles. The summed E-state index contributed by atoms with van der Waals surface area (Å²) < 4.78 is 23.5. The standard InChI is InChI=1S/C19H30N6O5.C2H6.CH3I/c1-19(2)29-14-11(8-24(3)7-5-6-12(26)27-4)28-18(15(14)30-19)25-10-23-13-16(20)21-9-22-17(13)25;2*1-2/h9-11,13-15,17-18H,5-8H2,1-4H3,(H2,20,21,22);1-2H3;1H3/t11?,13?,14-,15-,17?,18?;;/m1../s1. The molecular formula is C22H39IN6O5. The van der Waals surface area contributed by atoms with Gasteiger partial charge in [-0.15, -0.1) is 0 Å². The lowest BCUT2D eigenvalue weighted by Gasteiger charge is -2.33. The zero-order valence-electron chi connectivity index (χ0n) is 21.2. The summed E-state index contributed by atoms with van der Waals surface area (Å²) >= 11 is 2.15. The Morgan fingerprint density at radius 1 is 1.26 bits per heavy atom. The maximum Gasteiger partial charge on any atom is 0.305 e. The summed E-state index contributed by atoms with van der Waals surface area (Å²) in [5.41, 5.74) is 5.98. The van der Waals surface area contributed by atoms with Crippen LogP contribution in [0.25, 0.3) is 0 Å². The predicted molar refractivity (Wildman–Crippen MR) is 141 cm³/mol. The molecule has 4 rings (SSSR count). The molecule has 2 N–H and O–H groups in total. The minimum absolute atomic E-state index is 0.198. The van der Waals surface area contributed by atoms with Crippen molar-refractivity contribution in [1.29, 1.82) is 0 Å². The number of halogens is 1. The predicted octanol–water partition coefficient (Wildman–Crippen LogP) is 1.63. The van der Waals surface area contributed by atoms with Gasteiger partial charge < -0.3 is 34.5 Å². The molecule has 0 aromatic carbocycles. The number of carbonyl (C=O) groups excluding carboxylic acids is 1. The van der Waals surface area contributed by atoms with Crippen molar-refractivity contribution < 1.29 is 23.7 Å². The van der Waals surface area contributed by atoms with E-state index in [9.17, 15) is 4.79 Å². The van der Waals surface area contributed by atoms with E-state index in [1.165, 1.54) is 13.4 Å². The summed E-state index contributed by atoms with van der Waals surface area (Å²) in [6.45, 7) is 9.20. The van der Waals surface area contributed by atoms with Gasteiger partial charge in [-0.2, -0.15) is 0 Å². The molecule has 11 nitrogen and oxygen atoms in total. The Kier molecular flexibility index (Phi) is 11.1. The number of nitrogens with zero attached hydrogens (tertiary/aromatic N) is 5. The average molecular weight is 594 g/mol. The van der Waals surface area contributed by atoms with E-state index in [1.54, 1.807) is 6.34 Å². The van der Waals surface area contributed by atoms with Crippen LogP contribution in [0.3, 0.4) is 0 Å². The highest BCUT2D eigenvalue weighted by Crippen LogP contribution is 2.41. The van der Waals surface area contributed by atoms with Gasteiger partial charge in [0.2, 0.25) is 0 Å². The van der Waals surface area contributed by atoms with E-state index in [0.717, 1.165) is 6.54 Å². The number of amidine groups is 1. The van der Waals surface area contributed by atoms with Crippen molar-refractivity contribution in [2.45, 2.75) is 83.1 Å². The van der Waals surface area contributed by atoms with Crippen molar-refractivity contribution in [2.75, 3.05) is 32.2 Å². The molecule has 6 atom stereocenters. The summed E-state index contributed by atoms with van der Waals surface area (Å²) in [7, 11) is 3.40. The van der Waals surface area contributed by atoms with E-state index in [2.05, 4.69) is 42.5 Å². The third-order valence-corrected chi connectivity index (χ3v) is 5.74. The van der Waals surface area contributed by atoms with E-state index in [4.69, 9.17) is 24.7 Å². The average Bonchev–Trinajstić information content (AvgIpc) is 3.48. The molecule has 0 amide bonds. The number of methoxy groups -OCH3 is 1. The number of likely N-dealkylation sites (N-methyl/N-ethyl adjacent to an activating group) is 1. The monoisotopic (exact) mass is 594 g/mol. The fourth-order valence-electron chi connectivity index (χ4n) is 4.35. The molecule has 4 unspecified atom stereocenters. The zero-order valence-corrected chi connectivity index (χ0v) is 23.3. The summed E-state index contributed by atoms with van der Waals surface area (Å²) in [4.78, 5) is 30.4. The molecule has 12 heteroatoms. The number of esters is 1. The van der Waals surface area contributed by atoms with Gasteiger partial charge in [0.05, 0.1) is 13.4 Å². The number of alkyl halides is 1. The van der Waals surface area contributed by atoms with Crippen LogP contribution in [0.1, 0.15) is 40.5 Å². The largest absolute Gasteiger partial charge is 0.469 e. The topological polar surface area (TPSA) is 124 Å². The summed E-state index contributed by atoms with van der Waals surface area (Å²) in [6, 6.07) is -0.313. The number of aliphatic imine (C=N–C) groups is 3. The van der Waals surface area contributed by atoms with Crippen LogP contribution >= 0.6 is 22.6 Å². The van der Waals surface area contributed by atoms with Gasteiger partial charge in [0.15, 0.2) is 18.2 Å². The quantitative estimate of drug-likeness (QED) is 0.268. The van der Waals surface area contributed by atoms with Crippen molar-refractivity contribution in [3.05, 3.63) is 0 Å². The maximum atomic E-state index is 11.3. The van der Waals surface area contributed by atoms with Crippen LogP contribution in [-0.2, 0) is 23.7 Å². The molecule has 0 spiro atoms. The van der Waals surface area contributed by atoms with Crippen molar-refractivity contribution in [3.63, 3.8) is 0 Å². The van der Waals surface area contributed by atoms with E-state index in [1.807, 2.05) is 44.6 Å². The molecule has 194 valence electrons. The van der Waals surface area contributed by atoms with E-state index >= 15 is 0 Å². The minimum Gasteiger partial charge on any atom is -0.469 e. The Hall–Kier alpha value is -1.35. The van der Waals surface area contributed by atoms with Gasteiger partial charge in [-0.1, -0.05) is 36.4 Å². The van der Waals surface area contributed by atoms with Crippen LogP contribution < -0.4 is 5.73 Å². The lowest BCUT2D eigenvalue weighted by molar-refractivity contribution is -0.202. The Morgan fingerprint density at radius 3 is 2.62 bits per heavy atom. The molecule has 0 aliphatic carbocycles. The van der Waals surface area contributed by atoms with Crippen LogP contribution in [0.4, 0.5) is 0 Å². The highest BCUT2D eigenvalue weighted by Gasteiger charge is 2.58. The molecule has 0 saturated carbocycles. The van der Waals surface area contributed by atoms with E-state index in [-0.39, 0.29) is 36.5 Å². The highest BCUT2D eigenvalue weighted by molar-refractivity contribution is 14.1. The van der Waals surface area contributed by atoms with Crippen LogP contribution in [0.5, 0.6) is 0 Å². The number of carbonyl (C=O) groups is 1. The number of nitrogens with two attached hydrogens (primary N) is 1. The second-order valence-electron chi connectivity index (χ2n) is 8.46. The fourth-order valence-corrected chi connectivity index (χ4v) is 4.35. The molecule has 0 bridgehead atoms. The first-order valence-electron chi connectivity index (χ1n) is 11.6. The molecule has 2 saturated heterocycles. The molecule has 0 radical (unpaired) electrons. The van der Waals surface area contributed by atoms with E-state index < -0.39 is 12.0 Å². The fraction of sp³-hybridized carbons (Fsp3) is 0.818. The van der Waals surface area contributed by atoms with Crippen LogP contribution in [0, 0.1) is 0 Å². The number of hydrogen-bond acceptors (Lipinski definition) is 11. The van der Waals surface area contributed by atoms with Gasteiger partial charge in [0.25, 0.3) is 0 Å². The van der Waals surface area contributed by atoms with Gasteiger partial charge >= 0.3 is 5.97 Å². The minimum atomic E-state index is -0.703. The van der Waals surface area contributed by atoms with Gasteiger partial charge in [0, 0.05) is 13.0 Å². The summed E-state index contributed by atoms with van der Waals surface area (Å²) in [5.74, 6) is -0.464. The lowest BCUT2D eigenvalue weighted by Crippen LogP contribution is -2.51. The molecule has 2 fully saturated rings. The smallest absolute Gasteiger partial charge is 0.305 e. The van der Waals surface area contributed by atoms with E-state index in [0.29, 0.717) is 25.2 Å². The van der Waals surface area contributed by atoms with Gasteiger partial charge in [-0.25, -0.2) is 9.98 Å². The SMILES string of the molecule is CC.CI.COC(=O)CCCN(C)CC1OC(N2C=NC3C(N)=NC=NC32)[C@@H]2OC(C)(C)O[C@H]12. The maximum absolute atomic E-state index is 11.3. The van der Waals surface area contributed by atoms with Crippen LogP contribution in [0.15, 0.2) is 15.0 Å². The van der Waals surface area contributed by atoms with Gasteiger partial charge in [-0.05, 0) is 38.8 Å². The van der Waals surface area contributed by atoms with Gasteiger partial charge in [0.1, 0.15) is 36.5 Å². The van der Waals surface area contributed by atoms with Crippen LogP contribution in [-0.4, -0.2) is 109 Å². The van der Waals surface area contributed by atoms with Crippen molar-refractivity contribution in [3.8, 4) is 0 Å². The number of rotatable bonds is 7. The summed E-state index contributed by atoms with van der Waals surface area (Å²) in [6.07, 6.45) is 2.90. The molecule has 34 heavy (non-hydrogen) atoms. The first-order valence-corrected chi connectivity index (χ1v) is 13.7.